The van der Waals surface area contributed by atoms with Crippen LogP contribution in [0.4, 0.5) is 0 Å². The topological polar surface area (TPSA) is 45.0 Å². The second-order valence-electron chi connectivity index (χ2n) is 5.29. The van der Waals surface area contributed by atoms with Crippen molar-refractivity contribution in [1.82, 2.24) is 5.32 Å². The maximum Gasteiger partial charge on any atom is 0.119 e. The highest BCUT2D eigenvalue weighted by molar-refractivity contribution is 5.31. The Kier molecular flexibility index (Phi) is 4.75. The minimum absolute atomic E-state index is 0.00981. The molecule has 1 rings (SSSR count). The first-order chi connectivity index (χ1) is 8.40. The average Bonchev–Trinajstić information content (AvgIpc) is 2.31. The lowest BCUT2D eigenvalue weighted by Gasteiger charge is -2.28. The Morgan fingerprint density at radius 3 is 2.17 bits per heavy atom. The van der Waals surface area contributed by atoms with Gasteiger partial charge in [-0.3, -0.25) is 0 Å². The molecule has 3 heteroatoms. The monoisotopic (exact) mass is 246 g/mol. The molecule has 98 valence electrons. The largest absolute Gasteiger partial charge is 0.491 e. The molecule has 0 bridgehead atoms. The first-order valence-electron chi connectivity index (χ1n) is 6.26. The maximum absolute atomic E-state index is 9.22. The summed E-state index contributed by atoms with van der Waals surface area (Å²) in [7, 11) is 1.88. The molecule has 0 heterocycles. The van der Waals surface area contributed by atoms with Gasteiger partial charge >= 0.3 is 0 Å². The minimum atomic E-state index is -0.449. The second-order valence-corrected chi connectivity index (χ2v) is 5.29. The number of benzene rings is 1. The van der Waals surface area contributed by atoms with E-state index in [4.69, 9.17) is 4.74 Å². The third-order valence-electron chi connectivity index (χ3n) is 2.88. The Morgan fingerprint density at radius 1 is 1.22 bits per heavy atom. The molecule has 0 saturated heterocycles. The van der Waals surface area contributed by atoms with Crippen LogP contribution in [0.2, 0.25) is 0 Å². The zero-order valence-electron chi connectivity index (χ0n) is 11.8. The van der Waals surface area contributed by atoms with Crippen LogP contribution in [0.15, 0.2) is 24.3 Å². The summed E-state index contributed by atoms with van der Waals surface area (Å²) in [5.74, 6) is 0.860. The van der Waals surface area contributed by atoms with Crippen LogP contribution in [-0.2, 0) is 0 Å². The lowest BCUT2D eigenvalue weighted by Crippen LogP contribution is -2.30. The molecule has 0 amide bonds. The van der Waals surface area contributed by atoms with Crippen molar-refractivity contribution in [3.05, 3.63) is 29.8 Å². The van der Waals surface area contributed by atoms with E-state index in [1.807, 2.05) is 59.0 Å². The van der Waals surface area contributed by atoms with E-state index in [0.29, 0.717) is 0 Å². The third-order valence-corrected chi connectivity index (χ3v) is 2.88. The van der Waals surface area contributed by atoms with E-state index in [1.54, 1.807) is 0 Å². The number of hydrogen-bond donors (Lipinski definition) is 1. The van der Waals surface area contributed by atoms with E-state index < -0.39 is 5.41 Å². The quantitative estimate of drug-likeness (QED) is 0.867. The normalized spacial score (nSPS) is 13.2. The summed E-state index contributed by atoms with van der Waals surface area (Å²) in [6.45, 7) is 7.88. The molecule has 0 aliphatic carbocycles. The molecule has 1 N–H and O–H groups in total. The van der Waals surface area contributed by atoms with Gasteiger partial charge in [-0.05, 0) is 52.4 Å². The molecule has 0 spiro atoms. The van der Waals surface area contributed by atoms with Gasteiger partial charge in [0.1, 0.15) is 5.75 Å². The number of nitrogens with one attached hydrogen (secondary N) is 1. The summed E-state index contributed by atoms with van der Waals surface area (Å²) in [6, 6.07) is 10.3. The maximum atomic E-state index is 9.22. The molecule has 1 aromatic rings. The average molecular weight is 246 g/mol. The molecule has 18 heavy (non-hydrogen) atoms. The summed E-state index contributed by atoms with van der Waals surface area (Å²) in [5, 5.41) is 12.4. The van der Waals surface area contributed by atoms with Gasteiger partial charge in [0, 0.05) is 0 Å². The van der Waals surface area contributed by atoms with Crippen LogP contribution < -0.4 is 10.1 Å². The number of hydrogen-bond acceptors (Lipinski definition) is 3. The smallest absolute Gasteiger partial charge is 0.119 e. The van der Waals surface area contributed by atoms with E-state index in [1.165, 1.54) is 0 Å². The Labute approximate surface area is 110 Å². The lowest BCUT2D eigenvalue weighted by atomic mass is 9.82. The Hall–Kier alpha value is -1.53. The minimum Gasteiger partial charge on any atom is -0.491 e. The summed E-state index contributed by atoms with van der Waals surface area (Å²) in [4.78, 5) is 0. The first kappa shape index (κ1) is 14.5. The van der Waals surface area contributed by atoms with Crippen LogP contribution in [0.1, 0.15) is 39.3 Å². The van der Waals surface area contributed by atoms with Crippen LogP contribution in [0.25, 0.3) is 0 Å². The van der Waals surface area contributed by atoms with Crippen molar-refractivity contribution in [2.45, 2.75) is 39.8 Å². The summed E-state index contributed by atoms with van der Waals surface area (Å²) in [6.07, 6.45) is 0.173. The highest BCUT2D eigenvalue weighted by Crippen LogP contribution is 2.33. The van der Waals surface area contributed by atoms with Gasteiger partial charge in [-0.15, -0.1) is 0 Å². The predicted octanol–water partition coefficient (Wildman–Crippen LogP) is 3.28. The van der Waals surface area contributed by atoms with Gasteiger partial charge in [-0.25, -0.2) is 0 Å². The van der Waals surface area contributed by atoms with Crippen molar-refractivity contribution in [3.63, 3.8) is 0 Å². The predicted molar refractivity (Wildman–Crippen MR) is 73.4 cm³/mol. The number of nitriles is 1. The Balaban J connectivity index is 2.93. The molecule has 1 unspecified atom stereocenters. The standard InChI is InChI=1S/C15H22N2O/c1-11(2)18-13-8-6-12(7-9-13)14(17-5)15(3,4)10-16/h6-9,11,14,17H,1-5H3. The Bertz CT molecular complexity index is 415. The van der Waals surface area contributed by atoms with Crippen LogP contribution in [0.5, 0.6) is 5.75 Å². The van der Waals surface area contributed by atoms with Gasteiger partial charge in [-0.2, -0.15) is 5.26 Å². The van der Waals surface area contributed by atoms with Gasteiger partial charge in [-0.1, -0.05) is 12.1 Å². The summed E-state index contributed by atoms with van der Waals surface area (Å²) < 4.78 is 5.61. The molecule has 0 aromatic heterocycles. The van der Waals surface area contributed by atoms with Crippen molar-refractivity contribution < 1.29 is 4.74 Å². The molecule has 0 aliphatic rings. The lowest BCUT2D eigenvalue weighted by molar-refractivity contribution is 0.242. The molecule has 1 aromatic carbocycles. The van der Waals surface area contributed by atoms with Gasteiger partial charge < -0.3 is 10.1 Å². The first-order valence-corrected chi connectivity index (χ1v) is 6.26. The molecule has 0 aliphatic heterocycles. The van der Waals surface area contributed by atoms with Gasteiger partial charge in [0.05, 0.1) is 23.6 Å². The number of ether oxygens (including phenoxy) is 1. The highest BCUT2D eigenvalue weighted by atomic mass is 16.5. The van der Waals surface area contributed by atoms with Gasteiger partial charge in [0.25, 0.3) is 0 Å². The van der Waals surface area contributed by atoms with E-state index in [0.717, 1.165) is 11.3 Å². The van der Waals surface area contributed by atoms with Crippen LogP contribution >= 0.6 is 0 Å². The van der Waals surface area contributed by atoms with Gasteiger partial charge in [0.2, 0.25) is 0 Å². The van der Waals surface area contributed by atoms with Crippen molar-refractivity contribution in [2.75, 3.05) is 7.05 Å². The number of rotatable bonds is 5. The van der Waals surface area contributed by atoms with Crippen LogP contribution in [0.3, 0.4) is 0 Å². The molecule has 0 fully saturated rings. The molecular formula is C15H22N2O. The van der Waals surface area contributed by atoms with Crippen LogP contribution in [0, 0.1) is 16.7 Å². The molecular weight excluding hydrogens is 224 g/mol. The third kappa shape index (κ3) is 3.48. The zero-order valence-corrected chi connectivity index (χ0v) is 11.8. The van der Waals surface area contributed by atoms with E-state index in [2.05, 4.69) is 11.4 Å². The molecule has 0 saturated carbocycles. The Morgan fingerprint density at radius 2 is 1.78 bits per heavy atom. The summed E-state index contributed by atoms with van der Waals surface area (Å²) in [5.41, 5.74) is 0.648. The van der Waals surface area contributed by atoms with Crippen LogP contribution in [-0.4, -0.2) is 13.2 Å². The van der Waals surface area contributed by atoms with E-state index in [-0.39, 0.29) is 12.1 Å². The van der Waals surface area contributed by atoms with Crippen molar-refractivity contribution in [1.29, 1.82) is 5.26 Å². The fourth-order valence-corrected chi connectivity index (χ4v) is 2.02. The fraction of sp³-hybridized carbons (Fsp3) is 0.533. The second kappa shape index (κ2) is 5.88. The fourth-order valence-electron chi connectivity index (χ4n) is 2.02. The summed E-state index contributed by atoms with van der Waals surface area (Å²) >= 11 is 0. The van der Waals surface area contributed by atoms with E-state index in [9.17, 15) is 5.26 Å². The molecule has 3 nitrogen and oxygen atoms in total. The molecule has 1 atom stereocenters. The zero-order chi connectivity index (χ0) is 13.8. The molecule has 0 radical (unpaired) electrons. The van der Waals surface area contributed by atoms with E-state index >= 15 is 0 Å². The SMILES string of the molecule is CNC(c1ccc(OC(C)C)cc1)C(C)(C)C#N. The van der Waals surface area contributed by atoms with Crippen molar-refractivity contribution in [3.8, 4) is 11.8 Å². The van der Waals surface area contributed by atoms with Crippen molar-refractivity contribution in [2.24, 2.45) is 5.41 Å². The van der Waals surface area contributed by atoms with Crippen molar-refractivity contribution >= 4 is 0 Å². The van der Waals surface area contributed by atoms with Gasteiger partial charge in [0.15, 0.2) is 0 Å². The highest BCUT2D eigenvalue weighted by Gasteiger charge is 2.29. The number of nitrogens with zero attached hydrogens (tertiary/aromatic N) is 1.